The molecule has 2 amide bonds. The molecule has 0 radical (unpaired) electrons. The summed E-state index contributed by atoms with van der Waals surface area (Å²) in [7, 11) is -3.13. The summed E-state index contributed by atoms with van der Waals surface area (Å²) in [5.74, 6) is 0.165. The third-order valence-electron chi connectivity index (χ3n) is 7.03. The highest BCUT2D eigenvalue weighted by Gasteiger charge is 2.36. The second kappa shape index (κ2) is 10.3. The maximum Gasteiger partial charge on any atom is 0.265 e. The minimum atomic E-state index is -3.13. The lowest BCUT2D eigenvalue weighted by atomic mass is 9.72. The fourth-order valence-corrected chi connectivity index (χ4v) is 8.00. The lowest BCUT2D eigenvalue weighted by Gasteiger charge is -2.33. The van der Waals surface area contributed by atoms with Crippen LogP contribution in [0.5, 0.6) is 5.75 Å². The number of rotatable bonds is 6. The van der Waals surface area contributed by atoms with Gasteiger partial charge in [-0.25, -0.2) is 8.42 Å². The Morgan fingerprint density at radius 2 is 1.92 bits per heavy atom. The number of carbonyl (C=O) groups is 2. The molecule has 4 rings (SSSR count). The van der Waals surface area contributed by atoms with Crippen molar-refractivity contribution in [2.75, 3.05) is 16.8 Å². The Morgan fingerprint density at radius 3 is 2.56 bits per heavy atom. The number of ether oxygens (including phenoxy) is 1. The van der Waals surface area contributed by atoms with Crippen molar-refractivity contribution in [3.63, 3.8) is 0 Å². The normalized spacial score (nSPS) is 21.9. The van der Waals surface area contributed by atoms with Crippen LogP contribution in [0.4, 0.5) is 5.00 Å². The van der Waals surface area contributed by atoms with E-state index in [1.54, 1.807) is 31.2 Å². The molecule has 3 unspecified atom stereocenters. The standard InChI is InChI=1S/C26H33ClN2O5S2/c1-15(34-20-8-6-5-7-19(20)27)23(30)29-25-22(24(31)28-17-11-12-36(32,33)14-17)18-10-9-16(26(2,3)4)13-21(18)35-25/h5-8,15-17H,9-14H2,1-4H3,(H,28,31)(H,29,30). The summed E-state index contributed by atoms with van der Waals surface area (Å²) < 4.78 is 29.6. The van der Waals surface area contributed by atoms with Crippen molar-refractivity contribution in [2.45, 2.75) is 65.5 Å². The molecule has 1 aliphatic carbocycles. The van der Waals surface area contributed by atoms with Gasteiger partial charge in [0, 0.05) is 10.9 Å². The molecule has 1 saturated heterocycles. The van der Waals surface area contributed by atoms with Crippen LogP contribution >= 0.6 is 22.9 Å². The van der Waals surface area contributed by atoms with E-state index >= 15 is 0 Å². The highest BCUT2D eigenvalue weighted by molar-refractivity contribution is 7.91. The van der Waals surface area contributed by atoms with E-state index in [2.05, 4.69) is 31.4 Å². The molecule has 36 heavy (non-hydrogen) atoms. The van der Waals surface area contributed by atoms with E-state index in [0.29, 0.717) is 33.7 Å². The minimum absolute atomic E-state index is 0.0540. The number of sulfone groups is 1. The van der Waals surface area contributed by atoms with E-state index in [1.165, 1.54) is 11.3 Å². The number of fused-ring (bicyclic) bond motifs is 1. The van der Waals surface area contributed by atoms with Crippen molar-refractivity contribution < 1.29 is 22.7 Å². The number of amides is 2. The van der Waals surface area contributed by atoms with Gasteiger partial charge in [0.15, 0.2) is 15.9 Å². The summed E-state index contributed by atoms with van der Waals surface area (Å²) in [6.45, 7) is 8.30. The van der Waals surface area contributed by atoms with Crippen molar-refractivity contribution in [2.24, 2.45) is 11.3 Å². The Bertz CT molecular complexity index is 1270. The Hall–Kier alpha value is -2.10. The molecular formula is C26H33ClN2O5S2. The van der Waals surface area contributed by atoms with Crippen LogP contribution in [0.3, 0.4) is 0 Å². The number of carbonyl (C=O) groups excluding carboxylic acids is 2. The van der Waals surface area contributed by atoms with Crippen LogP contribution in [-0.4, -0.2) is 43.9 Å². The van der Waals surface area contributed by atoms with Crippen LogP contribution < -0.4 is 15.4 Å². The molecule has 0 bridgehead atoms. The molecule has 7 nitrogen and oxygen atoms in total. The smallest absolute Gasteiger partial charge is 0.265 e. The number of para-hydroxylation sites is 1. The molecule has 1 fully saturated rings. The summed E-state index contributed by atoms with van der Waals surface area (Å²) in [5, 5.41) is 6.71. The summed E-state index contributed by atoms with van der Waals surface area (Å²) in [5.41, 5.74) is 1.53. The van der Waals surface area contributed by atoms with Gasteiger partial charge in [-0.2, -0.15) is 0 Å². The summed E-state index contributed by atoms with van der Waals surface area (Å²) in [4.78, 5) is 27.6. The predicted octanol–water partition coefficient (Wildman–Crippen LogP) is 4.88. The van der Waals surface area contributed by atoms with Gasteiger partial charge in [0.2, 0.25) is 0 Å². The Morgan fingerprint density at radius 1 is 1.19 bits per heavy atom. The maximum atomic E-state index is 13.4. The van der Waals surface area contributed by atoms with E-state index < -0.39 is 27.9 Å². The molecule has 2 aliphatic rings. The van der Waals surface area contributed by atoms with E-state index in [9.17, 15) is 18.0 Å². The summed E-state index contributed by atoms with van der Waals surface area (Å²) in [6, 6.07) is 6.51. The second-order valence-corrected chi connectivity index (χ2v) is 14.5. The van der Waals surface area contributed by atoms with Crippen molar-refractivity contribution >= 4 is 49.6 Å². The number of thiophene rings is 1. The summed E-state index contributed by atoms with van der Waals surface area (Å²) >= 11 is 7.60. The van der Waals surface area contributed by atoms with Gasteiger partial charge in [-0.15, -0.1) is 11.3 Å². The van der Waals surface area contributed by atoms with Crippen molar-refractivity contribution in [1.29, 1.82) is 0 Å². The first-order valence-electron chi connectivity index (χ1n) is 12.2. The van der Waals surface area contributed by atoms with E-state index in [1.807, 2.05) is 0 Å². The average Bonchev–Trinajstić information content (AvgIpc) is 3.32. The zero-order valence-electron chi connectivity index (χ0n) is 21.0. The van der Waals surface area contributed by atoms with Crippen LogP contribution in [0.15, 0.2) is 24.3 Å². The Labute approximate surface area is 221 Å². The highest BCUT2D eigenvalue weighted by Crippen LogP contribution is 2.44. The number of hydrogen-bond donors (Lipinski definition) is 2. The van der Waals surface area contributed by atoms with Gasteiger partial charge in [-0.05, 0) is 61.6 Å². The fraction of sp³-hybridized carbons (Fsp3) is 0.538. The van der Waals surface area contributed by atoms with Crippen molar-refractivity contribution in [1.82, 2.24) is 5.32 Å². The molecule has 196 valence electrons. The predicted molar refractivity (Wildman–Crippen MR) is 144 cm³/mol. The third-order valence-corrected chi connectivity index (χ3v) is 10.3. The molecule has 0 saturated carbocycles. The van der Waals surface area contributed by atoms with Crippen LogP contribution in [-0.2, 0) is 27.5 Å². The highest BCUT2D eigenvalue weighted by atomic mass is 35.5. The minimum Gasteiger partial charge on any atom is -0.479 e. The number of anilines is 1. The Balaban J connectivity index is 1.58. The molecule has 2 heterocycles. The Kier molecular flexibility index (Phi) is 7.74. The van der Waals surface area contributed by atoms with Crippen LogP contribution in [0.25, 0.3) is 0 Å². The zero-order chi connectivity index (χ0) is 26.3. The molecule has 10 heteroatoms. The first kappa shape index (κ1) is 26.9. The fourth-order valence-electron chi connectivity index (χ4n) is 4.82. The topological polar surface area (TPSA) is 102 Å². The quantitative estimate of drug-likeness (QED) is 0.532. The van der Waals surface area contributed by atoms with Crippen LogP contribution in [0.1, 0.15) is 61.3 Å². The van der Waals surface area contributed by atoms with Gasteiger partial charge in [-0.3, -0.25) is 9.59 Å². The molecule has 0 spiro atoms. The number of nitrogens with one attached hydrogen (secondary N) is 2. The lowest BCUT2D eigenvalue weighted by molar-refractivity contribution is -0.122. The lowest BCUT2D eigenvalue weighted by Crippen LogP contribution is -2.37. The molecule has 3 atom stereocenters. The van der Waals surface area contributed by atoms with Gasteiger partial charge in [0.25, 0.3) is 11.8 Å². The average molecular weight is 553 g/mol. The zero-order valence-corrected chi connectivity index (χ0v) is 23.4. The second-order valence-electron chi connectivity index (χ2n) is 10.8. The van der Waals surface area contributed by atoms with Gasteiger partial charge in [0.1, 0.15) is 10.8 Å². The van der Waals surface area contributed by atoms with Gasteiger partial charge < -0.3 is 15.4 Å². The summed E-state index contributed by atoms with van der Waals surface area (Å²) in [6.07, 6.45) is 2.08. The van der Waals surface area contributed by atoms with Crippen LogP contribution in [0.2, 0.25) is 5.02 Å². The first-order chi connectivity index (χ1) is 16.8. The number of hydrogen-bond acceptors (Lipinski definition) is 6. The van der Waals surface area contributed by atoms with Gasteiger partial charge in [0.05, 0.1) is 22.1 Å². The molecule has 1 aromatic carbocycles. The number of benzene rings is 1. The van der Waals surface area contributed by atoms with Crippen LogP contribution in [0, 0.1) is 11.3 Å². The largest absolute Gasteiger partial charge is 0.479 e. The first-order valence-corrected chi connectivity index (χ1v) is 15.2. The van der Waals surface area contributed by atoms with E-state index in [4.69, 9.17) is 16.3 Å². The maximum absolute atomic E-state index is 13.4. The molecular weight excluding hydrogens is 520 g/mol. The molecule has 1 aromatic heterocycles. The number of halogens is 1. The van der Waals surface area contributed by atoms with Gasteiger partial charge >= 0.3 is 0 Å². The third kappa shape index (κ3) is 6.06. The monoisotopic (exact) mass is 552 g/mol. The van der Waals surface area contributed by atoms with Gasteiger partial charge in [-0.1, -0.05) is 44.5 Å². The SMILES string of the molecule is CC(Oc1ccccc1Cl)C(=O)Nc1sc2c(c1C(=O)NC1CCS(=O)(=O)C1)CCC(C(C)(C)C)C2. The van der Waals surface area contributed by atoms with Crippen molar-refractivity contribution in [3.8, 4) is 5.75 Å². The van der Waals surface area contributed by atoms with E-state index in [-0.39, 0.29) is 22.8 Å². The molecule has 1 aliphatic heterocycles. The molecule has 2 aromatic rings. The van der Waals surface area contributed by atoms with E-state index in [0.717, 1.165) is 29.7 Å². The van der Waals surface area contributed by atoms with Crippen molar-refractivity contribution in [3.05, 3.63) is 45.3 Å². The molecule has 2 N–H and O–H groups in total.